The van der Waals surface area contributed by atoms with Crippen molar-refractivity contribution in [1.82, 2.24) is 4.31 Å². The summed E-state index contributed by atoms with van der Waals surface area (Å²) in [5.74, 6) is -0.197. The highest BCUT2D eigenvalue weighted by molar-refractivity contribution is 7.89. The van der Waals surface area contributed by atoms with Crippen LogP contribution in [0.25, 0.3) is 0 Å². The van der Waals surface area contributed by atoms with Crippen molar-refractivity contribution >= 4 is 33.0 Å². The molecule has 1 fully saturated rings. The number of anilines is 2. The Hall–Kier alpha value is -3.22. The Labute approximate surface area is 198 Å². The molecule has 34 heavy (non-hydrogen) atoms. The van der Waals surface area contributed by atoms with Crippen molar-refractivity contribution in [2.24, 2.45) is 0 Å². The monoisotopic (exact) mass is 492 g/mol. The van der Waals surface area contributed by atoms with Gasteiger partial charge >= 0.3 is 0 Å². The SMILES string of the molecule is CCN(CC)S(=O)(=O)c1ccc(N2CCOCC2)c(NC(=O)COc2ccc([N+](=O)[O-])cc2)c1. The van der Waals surface area contributed by atoms with E-state index in [4.69, 9.17) is 9.47 Å². The predicted molar refractivity (Wildman–Crippen MR) is 127 cm³/mol. The summed E-state index contributed by atoms with van der Waals surface area (Å²) in [4.78, 5) is 25.0. The molecule has 0 radical (unpaired) electrons. The van der Waals surface area contributed by atoms with Crippen molar-refractivity contribution in [1.29, 1.82) is 0 Å². The Kier molecular flexibility index (Phi) is 8.42. The zero-order chi connectivity index (χ0) is 24.7. The lowest BCUT2D eigenvalue weighted by molar-refractivity contribution is -0.384. The van der Waals surface area contributed by atoms with Crippen LogP contribution in [0.3, 0.4) is 0 Å². The average Bonchev–Trinajstić information content (AvgIpc) is 2.84. The fourth-order valence-electron chi connectivity index (χ4n) is 3.57. The molecule has 1 amide bonds. The van der Waals surface area contributed by atoms with Gasteiger partial charge in [-0.05, 0) is 30.3 Å². The second kappa shape index (κ2) is 11.3. The number of non-ortho nitro benzene ring substituents is 1. The van der Waals surface area contributed by atoms with E-state index >= 15 is 0 Å². The summed E-state index contributed by atoms with van der Waals surface area (Å²) in [6.45, 7) is 6.08. The zero-order valence-electron chi connectivity index (χ0n) is 19.1. The molecule has 2 aromatic carbocycles. The first kappa shape index (κ1) is 25.4. The number of nitro benzene ring substituents is 1. The van der Waals surface area contributed by atoms with Crippen LogP contribution in [0.4, 0.5) is 17.1 Å². The number of sulfonamides is 1. The number of nitrogens with one attached hydrogen (secondary N) is 1. The minimum atomic E-state index is -3.72. The topological polar surface area (TPSA) is 131 Å². The van der Waals surface area contributed by atoms with Gasteiger partial charge in [0.1, 0.15) is 5.75 Å². The standard InChI is InChI=1S/C22H28N4O7S/c1-3-25(4-2)34(30,31)19-9-10-21(24-11-13-32-14-12-24)20(15-19)23-22(27)16-33-18-7-5-17(6-8-18)26(28)29/h5-10,15H,3-4,11-14,16H2,1-2H3,(H,23,27). The molecule has 1 heterocycles. The van der Waals surface area contributed by atoms with Crippen LogP contribution < -0.4 is 15.0 Å². The molecule has 0 atom stereocenters. The van der Waals surface area contributed by atoms with E-state index in [-0.39, 0.29) is 17.2 Å². The van der Waals surface area contributed by atoms with Crippen molar-refractivity contribution in [3.8, 4) is 5.75 Å². The number of ether oxygens (including phenoxy) is 2. The molecular weight excluding hydrogens is 464 g/mol. The maximum Gasteiger partial charge on any atom is 0.269 e. The van der Waals surface area contributed by atoms with Crippen molar-refractivity contribution in [3.63, 3.8) is 0 Å². The molecule has 0 bridgehead atoms. The van der Waals surface area contributed by atoms with Crippen molar-refractivity contribution in [3.05, 3.63) is 52.6 Å². The largest absolute Gasteiger partial charge is 0.484 e. The van der Waals surface area contributed by atoms with E-state index in [0.29, 0.717) is 56.5 Å². The Balaban J connectivity index is 1.81. The molecule has 12 heteroatoms. The number of morpholine rings is 1. The number of amides is 1. The number of nitrogens with zero attached hydrogens (tertiary/aromatic N) is 3. The fourth-order valence-corrected chi connectivity index (χ4v) is 5.05. The van der Waals surface area contributed by atoms with E-state index in [9.17, 15) is 23.3 Å². The van der Waals surface area contributed by atoms with E-state index in [1.165, 1.54) is 34.6 Å². The number of rotatable bonds is 10. The van der Waals surface area contributed by atoms with Crippen molar-refractivity contribution in [2.45, 2.75) is 18.7 Å². The second-order valence-corrected chi connectivity index (χ2v) is 9.39. The highest BCUT2D eigenvalue weighted by atomic mass is 32.2. The molecule has 2 aromatic rings. The number of nitro groups is 1. The van der Waals surface area contributed by atoms with Crippen LogP contribution in [0.2, 0.25) is 0 Å². The lowest BCUT2D eigenvalue weighted by atomic mass is 10.2. The first-order valence-electron chi connectivity index (χ1n) is 10.9. The highest BCUT2D eigenvalue weighted by Crippen LogP contribution is 2.31. The lowest BCUT2D eigenvalue weighted by Crippen LogP contribution is -2.37. The molecule has 1 aliphatic rings. The lowest BCUT2D eigenvalue weighted by Gasteiger charge is -2.31. The van der Waals surface area contributed by atoms with Gasteiger partial charge in [-0.1, -0.05) is 13.8 Å². The molecule has 0 unspecified atom stereocenters. The third kappa shape index (κ3) is 6.01. The van der Waals surface area contributed by atoms with Crippen LogP contribution in [0.1, 0.15) is 13.8 Å². The first-order valence-corrected chi connectivity index (χ1v) is 12.3. The third-order valence-electron chi connectivity index (χ3n) is 5.35. The van der Waals surface area contributed by atoms with Gasteiger partial charge in [0.05, 0.1) is 34.4 Å². The minimum Gasteiger partial charge on any atom is -0.484 e. The number of carbonyl (C=O) groups is 1. The van der Waals surface area contributed by atoms with Crippen molar-refractivity contribution < 1.29 is 27.6 Å². The van der Waals surface area contributed by atoms with Crippen LogP contribution in [0, 0.1) is 10.1 Å². The summed E-state index contributed by atoms with van der Waals surface area (Å²) < 4.78 is 38.2. The molecule has 1 saturated heterocycles. The Bertz CT molecular complexity index is 1110. The number of hydrogen-bond donors (Lipinski definition) is 1. The smallest absolute Gasteiger partial charge is 0.269 e. The quantitative estimate of drug-likeness (QED) is 0.395. The van der Waals surface area contributed by atoms with Gasteiger partial charge in [-0.15, -0.1) is 0 Å². The summed E-state index contributed by atoms with van der Waals surface area (Å²) in [5, 5.41) is 13.5. The molecule has 0 spiro atoms. The van der Waals surface area contributed by atoms with Gasteiger partial charge in [0.15, 0.2) is 6.61 Å². The minimum absolute atomic E-state index is 0.0831. The number of benzene rings is 2. The van der Waals surface area contributed by atoms with Gasteiger partial charge < -0.3 is 19.7 Å². The van der Waals surface area contributed by atoms with Crippen molar-refractivity contribution in [2.75, 3.05) is 56.2 Å². The van der Waals surface area contributed by atoms with Crippen LogP contribution in [-0.4, -0.2) is 69.6 Å². The van der Waals surface area contributed by atoms with Crippen LogP contribution >= 0.6 is 0 Å². The van der Waals surface area contributed by atoms with E-state index in [0.717, 1.165) is 0 Å². The summed E-state index contributed by atoms with van der Waals surface area (Å²) in [7, 11) is -3.72. The third-order valence-corrected chi connectivity index (χ3v) is 7.40. The van der Waals surface area contributed by atoms with Crippen LogP contribution in [0.15, 0.2) is 47.4 Å². The van der Waals surface area contributed by atoms with Gasteiger partial charge in [-0.2, -0.15) is 4.31 Å². The van der Waals surface area contributed by atoms with Gasteiger partial charge in [0.25, 0.3) is 11.6 Å². The van der Waals surface area contributed by atoms with Gasteiger partial charge in [0, 0.05) is 38.3 Å². The predicted octanol–water partition coefficient (Wildman–Crippen LogP) is 2.48. The second-order valence-electron chi connectivity index (χ2n) is 7.46. The normalized spacial score (nSPS) is 14.1. The fraction of sp³-hybridized carbons (Fsp3) is 0.409. The van der Waals surface area contributed by atoms with E-state index < -0.39 is 20.9 Å². The molecule has 0 saturated carbocycles. The molecule has 0 aliphatic carbocycles. The summed E-state index contributed by atoms with van der Waals surface area (Å²) >= 11 is 0. The van der Waals surface area contributed by atoms with Gasteiger partial charge in [-0.3, -0.25) is 14.9 Å². The molecule has 3 rings (SSSR count). The van der Waals surface area contributed by atoms with E-state index in [2.05, 4.69) is 5.32 Å². The van der Waals surface area contributed by atoms with Crippen LogP contribution in [-0.2, 0) is 19.6 Å². The zero-order valence-corrected chi connectivity index (χ0v) is 19.9. The van der Waals surface area contributed by atoms with E-state index in [1.807, 2.05) is 4.90 Å². The maximum atomic E-state index is 13.0. The summed E-state index contributed by atoms with van der Waals surface area (Å²) in [6, 6.07) is 10.1. The first-order chi connectivity index (χ1) is 16.3. The molecule has 1 N–H and O–H groups in total. The van der Waals surface area contributed by atoms with Gasteiger partial charge in [-0.25, -0.2) is 8.42 Å². The molecule has 11 nitrogen and oxygen atoms in total. The Morgan fingerprint density at radius 1 is 1.15 bits per heavy atom. The van der Waals surface area contributed by atoms with Crippen LogP contribution in [0.5, 0.6) is 5.75 Å². The molecule has 0 aromatic heterocycles. The Morgan fingerprint density at radius 2 is 1.79 bits per heavy atom. The molecular formula is C22H28N4O7S. The highest BCUT2D eigenvalue weighted by Gasteiger charge is 2.25. The number of hydrogen-bond acceptors (Lipinski definition) is 8. The molecule has 1 aliphatic heterocycles. The summed E-state index contributed by atoms with van der Waals surface area (Å²) in [5.41, 5.74) is 0.955. The van der Waals surface area contributed by atoms with E-state index in [1.54, 1.807) is 26.0 Å². The molecule has 184 valence electrons. The summed E-state index contributed by atoms with van der Waals surface area (Å²) in [6.07, 6.45) is 0. The Morgan fingerprint density at radius 3 is 2.38 bits per heavy atom. The number of carbonyl (C=O) groups excluding carboxylic acids is 1. The maximum absolute atomic E-state index is 13.0. The van der Waals surface area contributed by atoms with Gasteiger partial charge in [0.2, 0.25) is 10.0 Å². The average molecular weight is 493 g/mol.